The number of aromatic nitrogens is 3. The Morgan fingerprint density at radius 2 is 1.80 bits per heavy atom. The fourth-order valence-corrected chi connectivity index (χ4v) is 7.24. The summed E-state index contributed by atoms with van der Waals surface area (Å²) in [5.74, 6) is -0.603. The van der Waals surface area contributed by atoms with Gasteiger partial charge in [0.25, 0.3) is 5.91 Å². The van der Waals surface area contributed by atoms with E-state index in [1.165, 1.54) is 13.4 Å². The third-order valence-corrected chi connectivity index (χ3v) is 10.3. The SMILES string of the molecule is CCn1nc(C(=O)NCC2CCC(S(C)(=O)=O)CC2)c(Cl)c1-c1cnc(NC2CCC(C(F)(F)F)CC2)cc1OC. The van der Waals surface area contributed by atoms with Gasteiger partial charge in [0.2, 0.25) is 0 Å². The minimum Gasteiger partial charge on any atom is -0.496 e. The topological polar surface area (TPSA) is 115 Å². The van der Waals surface area contributed by atoms with E-state index >= 15 is 0 Å². The number of pyridine rings is 1. The molecule has 9 nitrogen and oxygen atoms in total. The molecular weight excluding hydrogens is 583 g/mol. The molecule has 0 saturated heterocycles. The van der Waals surface area contributed by atoms with Crippen molar-refractivity contribution >= 4 is 33.2 Å². The summed E-state index contributed by atoms with van der Waals surface area (Å²) < 4.78 is 69.9. The minimum absolute atomic E-state index is 0.0685. The van der Waals surface area contributed by atoms with E-state index in [9.17, 15) is 26.4 Å². The second-order valence-corrected chi connectivity index (χ2v) is 13.7. The maximum absolute atomic E-state index is 13.1. The van der Waals surface area contributed by atoms with Crippen LogP contribution in [0, 0.1) is 11.8 Å². The molecule has 1 amide bonds. The molecule has 2 aromatic heterocycles. The average molecular weight is 620 g/mol. The van der Waals surface area contributed by atoms with Gasteiger partial charge < -0.3 is 15.4 Å². The summed E-state index contributed by atoms with van der Waals surface area (Å²) in [7, 11) is -1.57. The Balaban J connectivity index is 1.44. The smallest absolute Gasteiger partial charge is 0.391 e. The Morgan fingerprint density at radius 3 is 2.37 bits per heavy atom. The lowest BCUT2D eigenvalue weighted by atomic mass is 9.85. The van der Waals surface area contributed by atoms with Crippen molar-refractivity contribution in [2.24, 2.45) is 11.8 Å². The number of anilines is 1. The van der Waals surface area contributed by atoms with Crippen LogP contribution in [0.25, 0.3) is 11.3 Å². The number of carbonyl (C=O) groups is 1. The van der Waals surface area contributed by atoms with Crippen molar-refractivity contribution in [3.8, 4) is 17.0 Å². The van der Waals surface area contributed by atoms with Crippen LogP contribution in [-0.4, -0.2) is 66.5 Å². The van der Waals surface area contributed by atoms with Gasteiger partial charge in [-0.3, -0.25) is 9.48 Å². The van der Waals surface area contributed by atoms with Gasteiger partial charge in [0.05, 0.1) is 34.6 Å². The van der Waals surface area contributed by atoms with E-state index in [0.717, 1.165) is 0 Å². The monoisotopic (exact) mass is 619 g/mol. The number of rotatable bonds is 9. The van der Waals surface area contributed by atoms with E-state index in [-0.39, 0.29) is 40.8 Å². The van der Waals surface area contributed by atoms with Gasteiger partial charge in [-0.25, -0.2) is 13.4 Å². The zero-order valence-corrected chi connectivity index (χ0v) is 25.0. The quantitative estimate of drug-likeness (QED) is 0.381. The zero-order valence-electron chi connectivity index (χ0n) is 23.4. The van der Waals surface area contributed by atoms with Gasteiger partial charge in [-0.05, 0) is 64.2 Å². The van der Waals surface area contributed by atoms with Crippen LogP contribution in [-0.2, 0) is 16.4 Å². The minimum atomic E-state index is -4.16. The molecule has 0 radical (unpaired) electrons. The Morgan fingerprint density at radius 1 is 1.15 bits per heavy atom. The Bertz CT molecular complexity index is 1340. The predicted molar refractivity (Wildman–Crippen MR) is 151 cm³/mol. The fraction of sp³-hybridized carbons (Fsp3) is 0.667. The molecule has 2 aromatic rings. The fourth-order valence-electron chi connectivity index (χ4n) is 5.79. The number of sulfone groups is 1. The Hall–Kier alpha value is -2.54. The second-order valence-electron chi connectivity index (χ2n) is 11.0. The number of hydrogen-bond donors (Lipinski definition) is 2. The molecule has 2 N–H and O–H groups in total. The van der Waals surface area contributed by atoms with Crippen LogP contribution in [0.3, 0.4) is 0 Å². The van der Waals surface area contributed by atoms with Crippen LogP contribution < -0.4 is 15.4 Å². The molecule has 0 aromatic carbocycles. The molecule has 0 bridgehead atoms. The van der Waals surface area contributed by atoms with Gasteiger partial charge in [0.15, 0.2) is 5.69 Å². The first-order valence-electron chi connectivity index (χ1n) is 13.9. The molecule has 2 aliphatic rings. The zero-order chi connectivity index (χ0) is 29.9. The van der Waals surface area contributed by atoms with Gasteiger partial charge in [0, 0.05) is 37.7 Å². The number of ether oxygens (including phenoxy) is 1. The van der Waals surface area contributed by atoms with E-state index in [0.29, 0.717) is 74.4 Å². The number of methoxy groups -OCH3 is 1. The molecule has 4 rings (SSSR count). The van der Waals surface area contributed by atoms with Crippen LogP contribution in [0.5, 0.6) is 5.75 Å². The molecule has 14 heteroatoms. The number of nitrogens with one attached hydrogen (secondary N) is 2. The van der Waals surface area contributed by atoms with E-state index in [1.54, 1.807) is 16.9 Å². The molecule has 0 spiro atoms. The summed E-state index contributed by atoms with van der Waals surface area (Å²) >= 11 is 6.70. The van der Waals surface area contributed by atoms with Crippen molar-refractivity contribution in [3.05, 3.63) is 23.0 Å². The molecule has 2 saturated carbocycles. The first kappa shape index (κ1) is 31.4. The van der Waals surface area contributed by atoms with E-state index < -0.39 is 27.8 Å². The van der Waals surface area contributed by atoms with E-state index in [4.69, 9.17) is 16.3 Å². The van der Waals surface area contributed by atoms with Crippen LogP contribution in [0.1, 0.15) is 68.8 Å². The second kappa shape index (κ2) is 12.8. The number of amides is 1. The third-order valence-electron chi connectivity index (χ3n) is 8.24. The molecule has 0 aliphatic heterocycles. The van der Waals surface area contributed by atoms with Crippen LogP contribution in [0.4, 0.5) is 19.0 Å². The molecule has 0 atom stereocenters. The van der Waals surface area contributed by atoms with Gasteiger partial charge in [0.1, 0.15) is 21.4 Å². The molecule has 2 aliphatic carbocycles. The van der Waals surface area contributed by atoms with Gasteiger partial charge >= 0.3 is 6.18 Å². The lowest BCUT2D eigenvalue weighted by molar-refractivity contribution is -0.182. The summed E-state index contributed by atoms with van der Waals surface area (Å²) in [6, 6.07) is 1.54. The number of aryl methyl sites for hydroxylation is 1. The maximum Gasteiger partial charge on any atom is 0.391 e. The number of halogens is 4. The van der Waals surface area contributed by atoms with E-state index in [1.807, 2.05) is 6.92 Å². The van der Waals surface area contributed by atoms with Crippen LogP contribution in [0.2, 0.25) is 5.02 Å². The first-order chi connectivity index (χ1) is 19.3. The van der Waals surface area contributed by atoms with Crippen molar-refractivity contribution in [3.63, 3.8) is 0 Å². The number of nitrogens with zero attached hydrogens (tertiary/aromatic N) is 3. The number of alkyl halides is 3. The van der Waals surface area contributed by atoms with Crippen molar-refractivity contribution in [1.29, 1.82) is 0 Å². The first-order valence-corrected chi connectivity index (χ1v) is 16.3. The highest BCUT2D eigenvalue weighted by atomic mass is 35.5. The van der Waals surface area contributed by atoms with Crippen molar-refractivity contribution < 1.29 is 31.1 Å². The summed E-state index contributed by atoms with van der Waals surface area (Å²) in [4.78, 5) is 17.5. The lowest BCUT2D eigenvalue weighted by Gasteiger charge is -2.30. The average Bonchev–Trinajstić information content (AvgIpc) is 3.27. The maximum atomic E-state index is 13.1. The highest BCUT2D eigenvalue weighted by molar-refractivity contribution is 7.91. The highest BCUT2D eigenvalue weighted by Gasteiger charge is 2.41. The summed E-state index contributed by atoms with van der Waals surface area (Å²) in [5, 5.41) is 10.4. The van der Waals surface area contributed by atoms with E-state index in [2.05, 4.69) is 20.7 Å². The largest absolute Gasteiger partial charge is 0.496 e. The number of hydrogen-bond acceptors (Lipinski definition) is 7. The molecule has 41 heavy (non-hydrogen) atoms. The van der Waals surface area contributed by atoms with Crippen molar-refractivity contribution in [1.82, 2.24) is 20.1 Å². The van der Waals surface area contributed by atoms with Crippen molar-refractivity contribution in [2.75, 3.05) is 25.2 Å². The molecule has 228 valence electrons. The van der Waals surface area contributed by atoms with Crippen LogP contribution >= 0.6 is 11.6 Å². The van der Waals surface area contributed by atoms with Gasteiger partial charge in [-0.1, -0.05) is 11.6 Å². The third kappa shape index (κ3) is 7.46. The summed E-state index contributed by atoms with van der Waals surface area (Å²) in [6.07, 6.45) is 2.20. The van der Waals surface area contributed by atoms with Gasteiger partial charge in [-0.2, -0.15) is 18.3 Å². The summed E-state index contributed by atoms with van der Waals surface area (Å²) in [5.41, 5.74) is 1.06. The molecule has 0 unspecified atom stereocenters. The van der Waals surface area contributed by atoms with Crippen molar-refractivity contribution in [2.45, 2.75) is 82.3 Å². The molecular formula is C27H37ClF3N5O4S. The van der Waals surface area contributed by atoms with Gasteiger partial charge in [-0.15, -0.1) is 0 Å². The molecule has 2 heterocycles. The Labute approximate surface area is 243 Å². The predicted octanol–water partition coefficient (Wildman–Crippen LogP) is 5.49. The normalized spacial score (nSPS) is 23.7. The standard InChI is InChI=1S/C27H37ClF3N5O4S/c1-4-36-25(23(28)24(35-36)26(37)33-14-16-5-11-19(12-6-16)41(3,38)39)20-15-32-22(13-21(20)40-2)34-18-9-7-17(8-10-18)27(29,30)31/h13,15-19H,4-12,14H2,1-3H3,(H,32,34)(H,33,37). The Kier molecular flexibility index (Phi) is 9.77. The summed E-state index contributed by atoms with van der Waals surface area (Å²) in [6.45, 7) is 2.68. The molecule has 2 fully saturated rings. The number of carbonyl (C=O) groups excluding carboxylic acids is 1. The lowest BCUT2D eigenvalue weighted by Crippen LogP contribution is -2.34. The highest BCUT2D eigenvalue weighted by Crippen LogP contribution is 2.40. The van der Waals surface area contributed by atoms with Crippen LogP contribution in [0.15, 0.2) is 12.3 Å².